The van der Waals surface area contributed by atoms with E-state index < -0.39 is 40.6 Å². The Balaban J connectivity index is 1.40. The van der Waals surface area contributed by atoms with Crippen molar-refractivity contribution in [3.05, 3.63) is 68.5 Å². The first-order valence-electron chi connectivity index (χ1n) is 12.4. The quantitative estimate of drug-likeness (QED) is 0.429. The van der Waals surface area contributed by atoms with Crippen molar-refractivity contribution in [3.63, 3.8) is 0 Å². The number of benzene rings is 1. The number of carbonyl (C=O) groups excluding carboxylic acids is 3. The van der Waals surface area contributed by atoms with Gasteiger partial charge in [0.15, 0.2) is 0 Å². The number of halogens is 3. The Labute approximate surface area is 228 Å². The van der Waals surface area contributed by atoms with Crippen LogP contribution in [-0.4, -0.2) is 45.5 Å². The summed E-state index contributed by atoms with van der Waals surface area (Å²) in [5.74, 6) is -2.99. The van der Waals surface area contributed by atoms with Gasteiger partial charge in [0.05, 0.1) is 39.3 Å². The van der Waals surface area contributed by atoms with Gasteiger partial charge in [-0.2, -0.15) is 13.2 Å². The summed E-state index contributed by atoms with van der Waals surface area (Å²) in [5.41, 5.74) is -1.15. The van der Waals surface area contributed by atoms with Crippen molar-refractivity contribution in [3.8, 4) is 0 Å². The van der Waals surface area contributed by atoms with Crippen molar-refractivity contribution in [1.82, 2.24) is 9.47 Å². The van der Waals surface area contributed by atoms with E-state index in [9.17, 15) is 32.3 Å². The van der Waals surface area contributed by atoms with Gasteiger partial charge < -0.3 is 9.32 Å². The SMILES string of the molecule is O=C(Cn1c2c(sc1=O)C(c1ccco1)C1C(=O)N(c3cccc(C(F)(F)F)c3)C(=O)C1S2)N1CCCCC1. The van der Waals surface area contributed by atoms with Gasteiger partial charge in [0.1, 0.15) is 17.6 Å². The molecule has 0 radical (unpaired) electrons. The molecule has 3 aromatic rings. The molecule has 3 aliphatic rings. The minimum absolute atomic E-state index is 0.172. The monoisotopic (exact) mass is 577 g/mol. The number of thiazole rings is 1. The number of anilines is 1. The number of hydrogen-bond donors (Lipinski definition) is 0. The molecule has 6 rings (SSSR count). The van der Waals surface area contributed by atoms with E-state index in [2.05, 4.69) is 0 Å². The lowest BCUT2D eigenvalue weighted by atomic mass is 9.87. The molecule has 3 amide bonds. The standard InChI is InChI=1S/C26H22F3N3O5S2/c27-26(28,29)14-6-4-7-15(12-14)32-22(34)19-18(16-8-5-11-37-16)21-24(38-20(19)23(32)35)31(25(36)39-21)13-17(33)30-9-2-1-3-10-30/h4-8,11-12,18-20H,1-3,9-10,13H2. The largest absolute Gasteiger partial charge is 0.469 e. The number of likely N-dealkylation sites (tertiary alicyclic amines) is 1. The number of furan rings is 1. The Morgan fingerprint density at radius 1 is 1.03 bits per heavy atom. The van der Waals surface area contributed by atoms with Gasteiger partial charge in [-0.15, -0.1) is 0 Å². The summed E-state index contributed by atoms with van der Waals surface area (Å²) in [6.45, 7) is 1.04. The molecule has 39 heavy (non-hydrogen) atoms. The molecule has 2 saturated heterocycles. The van der Waals surface area contributed by atoms with Gasteiger partial charge in [-0.1, -0.05) is 29.2 Å². The second-order valence-electron chi connectivity index (χ2n) is 9.68. The molecule has 2 fully saturated rings. The molecule has 0 bridgehead atoms. The molecule has 2 aromatic heterocycles. The van der Waals surface area contributed by atoms with Gasteiger partial charge in [-0.05, 0) is 49.6 Å². The van der Waals surface area contributed by atoms with E-state index in [1.54, 1.807) is 17.0 Å². The molecule has 13 heteroatoms. The summed E-state index contributed by atoms with van der Waals surface area (Å²) in [6, 6.07) is 7.35. The highest BCUT2D eigenvalue weighted by Crippen LogP contribution is 2.54. The maximum atomic E-state index is 13.7. The Morgan fingerprint density at radius 3 is 2.49 bits per heavy atom. The van der Waals surface area contributed by atoms with E-state index in [1.807, 2.05) is 0 Å². The fourth-order valence-electron chi connectivity index (χ4n) is 5.48. The van der Waals surface area contributed by atoms with Crippen molar-refractivity contribution in [2.75, 3.05) is 18.0 Å². The highest BCUT2D eigenvalue weighted by molar-refractivity contribution is 8.00. The van der Waals surface area contributed by atoms with Crippen LogP contribution in [0.1, 0.15) is 41.4 Å². The van der Waals surface area contributed by atoms with Crippen molar-refractivity contribution in [2.45, 2.75) is 48.2 Å². The molecule has 5 heterocycles. The number of hydrogen-bond acceptors (Lipinski definition) is 7. The van der Waals surface area contributed by atoms with E-state index in [0.29, 0.717) is 28.8 Å². The maximum absolute atomic E-state index is 13.7. The number of rotatable bonds is 4. The van der Waals surface area contributed by atoms with Crippen LogP contribution in [0.5, 0.6) is 0 Å². The van der Waals surface area contributed by atoms with Crippen LogP contribution in [0.3, 0.4) is 0 Å². The summed E-state index contributed by atoms with van der Waals surface area (Å²) in [4.78, 5) is 56.2. The first kappa shape index (κ1) is 25.9. The third-order valence-corrected chi connectivity index (χ3v) is 9.94. The third-order valence-electron chi connectivity index (χ3n) is 7.33. The highest BCUT2D eigenvalue weighted by Gasteiger charge is 2.57. The van der Waals surface area contributed by atoms with Gasteiger partial charge >= 0.3 is 11.0 Å². The van der Waals surface area contributed by atoms with E-state index in [0.717, 1.165) is 65.5 Å². The first-order valence-corrected chi connectivity index (χ1v) is 14.1. The smallest absolute Gasteiger partial charge is 0.416 e. The lowest BCUT2D eigenvalue weighted by Crippen LogP contribution is -2.39. The minimum Gasteiger partial charge on any atom is -0.469 e. The Morgan fingerprint density at radius 2 is 1.79 bits per heavy atom. The predicted molar refractivity (Wildman–Crippen MR) is 137 cm³/mol. The van der Waals surface area contributed by atoms with Crippen LogP contribution in [0.25, 0.3) is 0 Å². The van der Waals surface area contributed by atoms with E-state index in [-0.39, 0.29) is 23.0 Å². The van der Waals surface area contributed by atoms with Crippen LogP contribution < -0.4 is 9.77 Å². The van der Waals surface area contributed by atoms with Crippen LogP contribution >= 0.6 is 23.1 Å². The van der Waals surface area contributed by atoms with Crippen LogP contribution in [0.15, 0.2) is 56.9 Å². The van der Waals surface area contributed by atoms with Gasteiger partial charge in [0.2, 0.25) is 17.7 Å². The molecule has 0 N–H and O–H groups in total. The Kier molecular flexibility index (Phi) is 6.45. The van der Waals surface area contributed by atoms with Gasteiger partial charge in [0, 0.05) is 13.1 Å². The number of aromatic nitrogens is 1. The highest BCUT2D eigenvalue weighted by atomic mass is 32.2. The summed E-state index contributed by atoms with van der Waals surface area (Å²) in [7, 11) is 0. The summed E-state index contributed by atoms with van der Waals surface area (Å²) >= 11 is 1.90. The molecule has 204 valence electrons. The zero-order valence-corrected chi connectivity index (χ0v) is 22.0. The van der Waals surface area contributed by atoms with E-state index >= 15 is 0 Å². The number of nitrogens with zero attached hydrogens (tertiary/aromatic N) is 3. The normalized spacial score (nSPS) is 23.2. The second-order valence-corrected chi connectivity index (χ2v) is 11.8. The second kappa shape index (κ2) is 9.70. The molecule has 3 unspecified atom stereocenters. The van der Waals surface area contributed by atoms with Crippen molar-refractivity contribution in [2.24, 2.45) is 5.92 Å². The molecule has 3 aliphatic heterocycles. The average Bonchev–Trinajstić information content (AvgIpc) is 3.61. The molecule has 0 saturated carbocycles. The average molecular weight is 578 g/mol. The number of fused-ring (bicyclic) bond motifs is 2. The van der Waals surface area contributed by atoms with E-state index in [1.165, 1.54) is 16.9 Å². The summed E-state index contributed by atoms with van der Waals surface area (Å²) in [5, 5.41) is -0.606. The molecule has 8 nitrogen and oxygen atoms in total. The number of thioether (sulfide) groups is 1. The first-order chi connectivity index (χ1) is 18.6. The molecule has 0 aliphatic carbocycles. The minimum atomic E-state index is -4.65. The number of imide groups is 1. The third kappa shape index (κ3) is 4.41. The number of alkyl halides is 3. The van der Waals surface area contributed by atoms with Crippen LogP contribution in [0.4, 0.5) is 18.9 Å². The van der Waals surface area contributed by atoms with Gasteiger partial charge in [-0.3, -0.25) is 23.7 Å². The van der Waals surface area contributed by atoms with Crippen molar-refractivity contribution < 1.29 is 32.0 Å². The molecular formula is C26H22F3N3O5S2. The zero-order chi connectivity index (χ0) is 27.5. The van der Waals surface area contributed by atoms with Gasteiger partial charge in [0.25, 0.3) is 0 Å². The molecule has 0 spiro atoms. The zero-order valence-electron chi connectivity index (χ0n) is 20.3. The summed E-state index contributed by atoms with van der Waals surface area (Å²) < 4.78 is 47.1. The Hall–Kier alpha value is -3.32. The van der Waals surface area contributed by atoms with Crippen LogP contribution in [-0.2, 0) is 27.1 Å². The predicted octanol–water partition coefficient (Wildman–Crippen LogP) is 4.33. The fourth-order valence-corrected chi connectivity index (χ4v) is 8.24. The topological polar surface area (TPSA) is 92.8 Å². The summed E-state index contributed by atoms with van der Waals surface area (Å²) in [6.07, 6.45) is -0.412. The van der Waals surface area contributed by atoms with Crippen molar-refractivity contribution >= 4 is 46.5 Å². The fraction of sp³-hybridized carbons (Fsp3) is 0.385. The molecule has 1 aromatic carbocycles. The number of piperidine rings is 1. The van der Waals surface area contributed by atoms with Gasteiger partial charge in [-0.25, -0.2) is 4.90 Å². The van der Waals surface area contributed by atoms with Crippen LogP contribution in [0.2, 0.25) is 0 Å². The van der Waals surface area contributed by atoms with Crippen LogP contribution in [0, 0.1) is 5.92 Å². The van der Waals surface area contributed by atoms with E-state index in [4.69, 9.17) is 4.42 Å². The lowest BCUT2D eigenvalue weighted by molar-refractivity contribution is -0.137. The lowest BCUT2D eigenvalue weighted by Gasteiger charge is -2.30. The maximum Gasteiger partial charge on any atom is 0.416 e. The number of carbonyl (C=O) groups is 3. The number of amides is 3. The Bertz CT molecular complexity index is 1510. The molecular weight excluding hydrogens is 555 g/mol. The molecule has 3 atom stereocenters. The van der Waals surface area contributed by atoms with Crippen molar-refractivity contribution in [1.29, 1.82) is 0 Å².